The summed E-state index contributed by atoms with van der Waals surface area (Å²) in [4.78, 5) is 12.0. The van der Waals surface area contributed by atoms with Crippen molar-refractivity contribution in [3.8, 4) is 11.5 Å². The third-order valence-corrected chi connectivity index (χ3v) is 3.16. The van der Waals surface area contributed by atoms with Gasteiger partial charge < -0.3 is 14.8 Å². The molecule has 0 atom stereocenters. The standard InChI is InChI=1S/C18H19NO3/c1-13-4-10-16(17(12-13)22-3)19-18(20)11-7-14-5-8-15(21-2)9-6-14/h4-12H,1-3H3,(H,19,20)/b11-7+. The Balaban J connectivity index is 2.04. The maximum Gasteiger partial charge on any atom is 0.248 e. The third-order valence-electron chi connectivity index (χ3n) is 3.16. The lowest BCUT2D eigenvalue weighted by molar-refractivity contribution is -0.111. The zero-order chi connectivity index (χ0) is 15.9. The van der Waals surface area contributed by atoms with Gasteiger partial charge in [-0.2, -0.15) is 0 Å². The highest BCUT2D eigenvalue weighted by molar-refractivity contribution is 6.02. The highest BCUT2D eigenvalue weighted by atomic mass is 16.5. The molecule has 0 saturated carbocycles. The number of rotatable bonds is 5. The smallest absolute Gasteiger partial charge is 0.248 e. The second-order valence-corrected chi connectivity index (χ2v) is 4.80. The van der Waals surface area contributed by atoms with Crippen LogP contribution in [0, 0.1) is 6.92 Å². The number of carbonyl (C=O) groups is 1. The van der Waals surface area contributed by atoms with Gasteiger partial charge >= 0.3 is 0 Å². The van der Waals surface area contributed by atoms with Gasteiger partial charge in [0.2, 0.25) is 5.91 Å². The number of benzene rings is 2. The summed E-state index contributed by atoms with van der Waals surface area (Å²) in [5.41, 5.74) is 2.65. The van der Waals surface area contributed by atoms with Crippen LogP contribution in [0.5, 0.6) is 11.5 Å². The van der Waals surface area contributed by atoms with Crippen LogP contribution in [0.4, 0.5) is 5.69 Å². The summed E-state index contributed by atoms with van der Waals surface area (Å²) < 4.78 is 10.4. The fourth-order valence-electron chi connectivity index (χ4n) is 1.96. The van der Waals surface area contributed by atoms with Gasteiger partial charge in [0.25, 0.3) is 0 Å². The maximum absolute atomic E-state index is 12.0. The number of ether oxygens (including phenoxy) is 2. The van der Waals surface area contributed by atoms with Crippen LogP contribution in [-0.2, 0) is 4.79 Å². The summed E-state index contributed by atoms with van der Waals surface area (Å²) in [6, 6.07) is 13.1. The van der Waals surface area contributed by atoms with E-state index >= 15 is 0 Å². The zero-order valence-corrected chi connectivity index (χ0v) is 12.9. The Morgan fingerprint density at radius 1 is 1.05 bits per heavy atom. The monoisotopic (exact) mass is 297 g/mol. The second-order valence-electron chi connectivity index (χ2n) is 4.80. The number of hydrogen-bond donors (Lipinski definition) is 1. The fourth-order valence-corrected chi connectivity index (χ4v) is 1.96. The molecule has 2 aromatic rings. The lowest BCUT2D eigenvalue weighted by Gasteiger charge is -2.09. The van der Waals surface area contributed by atoms with Crippen LogP contribution in [0.25, 0.3) is 6.08 Å². The molecule has 4 heteroatoms. The Hall–Kier alpha value is -2.75. The summed E-state index contributed by atoms with van der Waals surface area (Å²) in [5, 5.41) is 2.81. The first-order valence-corrected chi connectivity index (χ1v) is 6.90. The van der Waals surface area contributed by atoms with E-state index in [1.807, 2.05) is 49.4 Å². The highest BCUT2D eigenvalue weighted by Gasteiger charge is 2.05. The highest BCUT2D eigenvalue weighted by Crippen LogP contribution is 2.25. The first kappa shape index (κ1) is 15.6. The number of anilines is 1. The average Bonchev–Trinajstić information content (AvgIpc) is 2.55. The Bertz CT molecular complexity index is 675. The van der Waals surface area contributed by atoms with Crippen molar-refractivity contribution in [3.63, 3.8) is 0 Å². The summed E-state index contributed by atoms with van der Waals surface area (Å²) in [6.07, 6.45) is 3.23. The largest absolute Gasteiger partial charge is 0.497 e. The molecular weight excluding hydrogens is 278 g/mol. The molecule has 0 aromatic heterocycles. The predicted octanol–water partition coefficient (Wildman–Crippen LogP) is 3.66. The minimum atomic E-state index is -0.210. The fraction of sp³-hybridized carbons (Fsp3) is 0.167. The molecule has 114 valence electrons. The van der Waals surface area contributed by atoms with Gasteiger partial charge in [-0.25, -0.2) is 0 Å². The lowest BCUT2D eigenvalue weighted by Crippen LogP contribution is -2.08. The first-order chi connectivity index (χ1) is 10.6. The van der Waals surface area contributed by atoms with Crippen LogP contribution in [0.3, 0.4) is 0 Å². The van der Waals surface area contributed by atoms with Crippen LogP contribution >= 0.6 is 0 Å². The Morgan fingerprint density at radius 3 is 2.41 bits per heavy atom. The van der Waals surface area contributed by atoms with E-state index in [2.05, 4.69) is 5.32 Å². The molecular formula is C18H19NO3. The van der Waals surface area contributed by atoms with E-state index in [0.29, 0.717) is 11.4 Å². The second kappa shape index (κ2) is 7.31. The lowest BCUT2D eigenvalue weighted by atomic mass is 10.2. The number of carbonyl (C=O) groups excluding carboxylic acids is 1. The minimum absolute atomic E-state index is 0.210. The number of hydrogen-bond acceptors (Lipinski definition) is 3. The topological polar surface area (TPSA) is 47.6 Å². The van der Waals surface area contributed by atoms with Gasteiger partial charge in [0.15, 0.2) is 0 Å². The van der Waals surface area contributed by atoms with Crippen LogP contribution in [0.1, 0.15) is 11.1 Å². The molecule has 0 fully saturated rings. The Morgan fingerprint density at radius 2 is 1.77 bits per heavy atom. The Kier molecular flexibility index (Phi) is 5.20. The molecule has 1 N–H and O–H groups in total. The SMILES string of the molecule is COc1ccc(/C=C/C(=O)Nc2ccc(C)cc2OC)cc1. The molecule has 0 spiro atoms. The van der Waals surface area contributed by atoms with E-state index in [4.69, 9.17) is 9.47 Å². The van der Waals surface area contributed by atoms with E-state index in [0.717, 1.165) is 16.9 Å². The van der Waals surface area contributed by atoms with Crippen LogP contribution in [0.15, 0.2) is 48.5 Å². The molecule has 0 aliphatic rings. The van der Waals surface area contributed by atoms with Crippen LogP contribution in [0.2, 0.25) is 0 Å². The van der Waals surface area contributed by atoms with Gasteiger partial charge in [-0.3, -0.25) is 4.79 Å². The molecule has 0 radical (unpaired) electrons. The van der Waals surface area contributed by atoms with Crippen molar-refractivity contribution in [3.05, 3.63) is 59.7 Å². The van der Waals surface area contributed by atoms with E-state index in [1.165, 1.54) is 6.08 Å². The molecule has 2 rings (SSSR count). The number of methoxy groups -OCH3 is 2. The van der Waals surface area contributed by atoms with Gasteiger partial charge in [-0.05, 0) is 48.4 Å². The van der Waals surface area contributed by atoms with Crippen molar-refractivity contribution in [1.82, 2.24) is 0 Å². The summed E-state index contributed by atoms with van der Waals surface area (Å²) in [6.45, 7) is 1.97. The van der Waals surface area contributed by atoms with Crippen molar-refractivity contribution in [2.45, 2.75) is 6.92 Å². The molecule has 2 aromatic carbocycles. The van der Waals surface area contributed by atoms with E-state index in [1.54, 1.807) is 20.3 Å². The molecule has 0 aliphatic heterocycles. The molecule has 0 unspecified atom stereocenters. The number of aryl methyl sites for hydroxylation is 1. The van der Waals surface area contributed by atoms with Gasteiger partial charge in [0, 0.05) is 6.08 Å². The quantitative estimate of drug-likeness (QED) is 0.857. The van der Waals surface area contributed by atoms with Crippen molar-refractivity contribution >= 4 is 17.7 Å². The minimum Gasteiger partial charge on any atom is -0.497 e. The first-order valence-electron chi connectivity index (χ1n) is 6.90. The summed E-state index contributed by atoms with van der Waals surface area (Å²) >= 11 is 0. The third kappa shape index (κ3) is 4.12. The van der Waals surface area contributed by atoms with Gasteiger partial charge in [0.1, 0.15) is 11.5 Å². The van der Waals surface area contributed by atoms with Gasteiger partial charge in [-0.1, -0.05) is 18.2 Å². The molecule has 22 heavy (non-hydrogen) atoms. The van der Waals surface area contributed by atoms with Crippen LogP contribution < -0.4 is 14.8 Å². The van der Waals surface area contributed by atoms with Crippen molar-refractivity contribution in [1.29, 1.82) is 0 Å². The molecule has 4 nitrogen and oxygen atoms in total. The number of nitrogens with one attached hydrogen (secondary N) is 1. The summed E-state index contributed by atoms with van der Waals surface area (Å²) in [5.74, 6) is 1.22. The van der Waals surface area contributed by atoms with E-state index < -0.39 is 0 Å². The van der Waals surface area contributed by atoms with Crippen LogP contribution in [-0.4, -0.2) is 20.1 Å². The molecule has 0 heterocycles. The Labute approximate surface area is 130 Å². The van der Waals surface area contributed by atoms with E-state index in [9.17, 15) is 4.79 Å². The van der Waals surface area contributed by atoms with Crippen molar-refractivity contribution < 1.29 is 14.3 Å². The maximum atomic E-state index is 12.0. The molecule has 1 amide bonds. The zero-order valence-electron chi connectivity index (χ0n) is 12.9. The molecule has 0 saturated heterocycles. The predicted molar refractivity (Wildman–Crippen MR) is 88.4 cm³/mol. The normalized spacial score (nSPS) is 10.5. The van der Waals surface area contributed by atoms with Crippen molar-refractivity contribution in [2.24, 2.45) is 0 Å². The van der Waals surface area contributed by atoms with Gasteiger partial charge in [0.05, 0.1) is 19.9 Å². The average molecular weight is 297 g/mol. The molecule has 0 bridgehead atoms. The number of amides is 1. The van der Waals surface area contributed by atoms with Crippen molar-refractivity contribution in [2.75, 3.05) is 19.5 Å². The summed E-state index contributed by atoms with van der Waals surface area (Å²) in [7, 11) is 3.20. The van der Waals surface area contributed by atoms with Gasteiger partial charge in [-0.15, -0.1) is 0 Å². The van der Waals surface area contributed by atoms with E-state index in [-0.39, 0.29) is 5.91 Å². The molecule has 0 aliphatic carbocycles.